The third-order valence-corrected chi connectivity index (χ3v) is 3.48. The third kappa shape index (κ3) is 3.76. The summed E-state index contributed by atoms with van der Waals surface area (Å²) in [6, 6.07) is 18.0. The molecule has 3 heteroatoms. The predicted octanol–water partition coefficient (Wildman–Crippen LogP) is 4.38. The van der Waals surface area contributed by atoms with E-state index in [4.69, 9.17) is 10.00 Å². The zero-order valence-electron chi connectivity index (χ0n) is 12.6. The highest BCUT2D eigenvalue weighted by Crippen LogP contribution is 2.27. The molecule has 108 valence electrons. The fraction of sp³-hybridized carbons (Fsp3) is 0.278. The van der Waals surface area contributed by atoms with Gasteiger partial charge in [-0.25, -0.2) is 0 Å². The van der Waals surface area contributed by atoms with Crippen LogP contribution in [0.2, 0.25) is 0 Å². The Labute approximate surface area is 126 Å². The number of benzene rings is 2. The summed E-state index contributed by atoms with van der Waals surface area (Å²) in [6.07, 6.45) is 0. The Morgan fingerprint density at radius 1 is 1.00 bits per heavy atom. The number of anilines is 1. The van der Waals surface area contributed by atoms with Gasteiger partial charge in [-0.3, -0.25) is 0 Å². The molecule has 0 saturated heterocycles. The minimum atomic E-state index is 0.200. The minimum absolute atomic E-state index is 0.200. The van der Waals surface area contributed by atoms with Gasteiger partial charge in [-0.15, -0.1) is 0 Å². The lowest BCUT2D eigenvalue weighted by atomic mass is 9.95. The lowest BCUT2D eigenvalue weighted by Gasteiger charge is -2.24. The van der Waals surface area contributed by atoms with Crippen molar-refractivity contribution in [3.63, 3.8) is 0 Å². The monoisotopic (exact) mass is 280 g/mol. The molecule has 0 aromatic heterocycles. The van der Waals surface area contributed by atoms with Crippen LogP contribution < -0.4 is 10.1 Å². The van der Waals surface area contributed by atoms with E-state index in [1.54, 1.807) is 7.11 Å². The second-order valence-corrected chi connectivity index (χ2v) is 5.33. The first-order chi connectivity index (χ1) is 10.1. The number of hydrogen-bond donors (Lipinski definition) is 1. The molecule has 0 amide bonds. The van der Waals surface area contributed by atoms with E-state index in [0.29, 0.717) is 11.5 Å². The average Bonchev–Trinajstić information content (AvgIpc) is 2.53. The Morgan fingerprint density at radius 2 is 1.62 bits per heavy atom. The molecule has 2 aromatic rings. The highest BCUT2D eigenvalue weighted by molar-refractivity contribution is 5.48. The van der Waals surface area contributed by atoms with Crippen LogP contribution in [0.5, 0.6) is 5.75 Å². The molecule has 1 N–H and O–H groups in total. The van der Waals surface area contributed by atoms with E-state index in [2.05, 4.69) is 25.2 Å². The molecule has 0 saturated carbocycles. The molecule has 0 aliphatic heterocycles. The summed E-state index contributed by atoms with van der Waals surface area (Å²) in [4.78, 5) is 0. The van der Waals surface area contributed by atoms with Crippen LogP contribution in [0.3, 0.4) is 0 Å². The van der Waals surface area contributed by atoms with E-state index in [0.717, 1.165) is 11.4 Å². The van der Waals surface area contributed by atoms with Crippen molar-refractivity contribution in [1.82, 2.24) is 0 Å². The summed E-state index contributed by atoms with van der Waals surface area (Å²) in [5.41, 5.74) is 2.92. The summed E-state index contributed by atoms with van der Waals surface area (Å²) in [5.74, 6) is 1.28. The second-order valence-electron chi connectivity index (χ2n) is 5.33. The van der Waals surface area contributed by atoms with E-state index in [-0.39, 0.29) is 6.04 Å². The highest BCUT2D eigenvalue weighted by atomic mass is 16.5. The van der Waals surface area contributed by atoms with Crippen LogP contribution in [0.1, 0.15) is 31.0 Å². The molecule has 0 spiro atoms. The predicted molar refractivity (Wildman–Crippen MR) is 85.4 cm³/mol. The smallest absolute Gasteiger partial charge is 0.119 e. The molecule has 1 unspecified atom stereocenters. The molecule has 3 nitrogen and oxygen atoms in total. The largest absolute Gasteiger partial charge is 0.497 e. The Hall–Kier alpha value is -2.47. The van der Waals surface area contributed by atoms with E-state index >= 15 is 0 Å². The number of nitrogens with zero attached hydrogens (tertiary/aromatic N) is 1. The lowest BCUT2D eigenvalue weighted by molar-refractivity contribution is 0.415. The van der Waals surface area contributed by atoms with Gasteiger partial charge >= 0.3 is 0 Å². The van der Waals surface area contributed by atoms with Gasteiger partial charge in [0.15, 0.2) is 0 Å². The van der Waals surface area contributed by atoms with E-state index in [1.165, 1.54) is 5.56 Å². The summed E-state index contributed by atoms with van der Waals surface area (Å²) in [7, 11) is 1.66. The topological polar surface area (TPSA) is 45.0 Å². The number of ether oxygens (including phenoxy) is 1. The maximum absolute atomic E-state index is 8.88. The summed E-state index contributed by atoms with van der Waals surface area (Å²) in [5, 5.41) is 12.4. The maximum Gasteiger partial charge on any atom is 0.119 e. The first kappa shape index (κ1) is 14.9. The Morgan fingerprint density at radius 3 is 2.10 bits per heavy atom. The normalized spacial score (nSPS) is 11.8. The van der Waals surface area contributed by atoms with Crippen molar-refractivity contribution in [1.29, 1.82) is 5.26 Å². The number of methoxy groups -OCH3 is 1. The molecule has 1 atom stereocenters. The van der Waals surface area contributed by atoms with Crippen LogP contribution in [0.15, 0.2) is 48.5 Å². The molecule has 0 bridgehead atoms. The standard InChI is InChI=1S/C18H20N2O/c1-13(2)18(15-6-4-14(12-19)5-7-15)20-16-8-10-17(21-3)11-9-16/h4-11,13,18,20H,1-3H3. The Kier molecular flexibility index (Phi) is 4.84. The van der Waals surface area contributed by atoms with Crippen molar-refractivity contribution in [2.45, 2.75) is 19.9 Å². The first-order valence-electron chi connectivity index (χ1n) is 7.04. The molecule has 0 aliphatic carbocycles. The quantitative estimate of drug-likeness (QED) is 0.884. The summed E-state index contributed by atoms with van der Waals surface area (Å²) in [6.45, 7) is 4.36. The second kappa shape index (κ2) is 6.81. The first-order valence-corrected chi connectivity index (χ1v) is 7.04. The van der Waals surface area contributed by atoms with Crippen LogP contribution in [0.25, 0.3) is 0 Å². The van der Waals surface area contributed by atoms with Crippen molar-refractivity contribution in [3.05, 3.63) is 59.7 Å². The number of hydrogen-bond acceptors (Lipinski definition) is 3. The van der Waals surface area contributed by atoms with Gasteiger partial charge in [0.25, 0.3) is 0 Å². The molecule has 0 radical (unpaired) electrons. The van der Waals surface area contributed by atoms with Gasteiger partial charge in [-0.1, -0.05) is 26.0 Å². The van der Waals surface area contributed by atoms with Gasteiger partial charge < -0.3 is 10.1 Å². The Bertz CT molecular complexity index is 609. The SMILES string of the molecule is COc1ccc(NC(c2ccc(C#N)cc2)C(C)C)cc1. The van der Waals surface area contributed by atoms with Crippen LogP contribution in [-0.2, 0) is 0 Å². The van der Waals surface area contributed by atoms with Gasteiger partial charge in [0, 0.05) is 5.69 Å². The highest BCUT2D eigenvalue weighted by Gasteiger charge is 2.15. The molecule has 2 aromatic carbocycles. The van der Waals surface area contributed by atoms with Crippen LogP contribution in [-0.4, -0.2) is 7.11 Å². The minimum Gasteiger partial charge on any atom is -0.497 e. The van der Waals surface area contributed by atoms with Crippen molar-refractivity contribution < 1.29 is 4.74 Å². The zero-order chi connectivity index (χ0) is 15.2. The fourth-order valence-corrected chi connectivity index (χ4v) is 2.27. The lowest BCUT2D eigenvalue weighted by Crippen LogP contribution is -2.16. The molecular weight excluding hydrogens is 260 g/mol. The number of nitriles is 1. The molecule has 2 rings (SSSR count). The van der Waals surface area contributed by atoms with Crippen LogP contribution >= 0.6 is 0 Å². The molecule has 0 fully saturated rings. The van der Waals surface area contributed by atoms with E-state index in [9.17, 15) is 0 Å². The van der Waals surface area contributed by atoms with Gasteiger partial charge in [-0.2, -0.15) is 5.26 Å². The Balaban J connectivity index is 2.19. The van der Waals surface area contributed by atoms with Crippen molar-refractivity contribution in [3.8, 4) is 11.8 Å². The maximum atomic E-state index is 8.88. The third-order valence-electron chi connectivity index (χ3n) is 3.48. The average molecular weight is 280 g/mol. The van der Waals surface area contributed by atoms with Crippen LogP contribution in [0, 0.1) is 17.2 Å². The van der Waals surface area contributed by atoms with Gasteiger partial charge in [0.1, 0.15) is 5.75 Å². The number of rotatable bonds is 5. The van der Waals surface area contributed by atoms with E-state index in [1.807, 2.05) is 48.5 Å². The van der Waals surface area contributed by atoms with Crippen molar-refractivity contribution >= 4 is 5.69 Å². The molecule has 0 heterocycles. The van der Waals surface area contributed by atoms with Gasteiger partial charge in [-0.05, 0) is 47.9 Å². The summed E-state index contributed by atoms with van der Waals surface area (Å²) < 4.78 is 5.17. The van der Waals surface area contributed by atoms with Crippen LogP contribution in [0.4, 0.5) is 5.69 Å². The fourth-order valence-electron chi connectivity index (χ4n) is 2.27. The van der Waals surface area contributed by atoms with Crippen molar-refractivity contribution in [2.75, 3.05) is 12.4 Å². The van der Waals surface area contributed by atoms with Gasteiger partial charge in [0.05, 0.1) is 24.8 Å². The summed E-state index contributed by atoms with van der Waals surface area (Å²) >= 11 is 0. The molecule has 0 aliphatic rings. The zero-order valence-corrected chi connectivity index (χ0v) is 12.6. The van der Waals surface area contributed by atoms with E-state index < -0.39 is 0 Å². The molecule has 21 heavy (non-hydrogen) atoms. The van der Waals surface area contributed by atoms with Crippen molar-refractivity contribution in [2.24, 2.45) is 5.92 Å². The number of nitrogens with one attached hydrogen (secondary N) is 1. The van der Waals surface area contributed by atoms with Gasteiger partial charge in [0.2, 0.25) is 0 Å². The molecular formula is C18H20N2O.